The van der Waals surface area contributed by atoms with Crippen molar-refractivity contribution in [1.82, 2.24) is 14.5 Å². The van der Waals surface area contributed by atoms with E-state index >= 15 is 0 Å². The number of anilines is 1. The Kier molecular flexibility index (Phi) is 4.82. The summed E-state index contributed by atoms with van der Waals surface area (Å²) in [4.78, 5) is 20.7. The lowest BCUT2D eigenvalue weighted by atomic mass is 9.87. The predicted octanol–water partition coefficient (Wildman–Crippen LogP) is 5.08. The topological polar surface area (TPSA) is 59.8 Å². The molecule has 2 aromatic heterocycles. The van der Waals surface area contributed by atoms with Gasteiger partial charge in [0.05, 0.1) is 0 Å². The number of carbonyl (C=O) groups excluding carboxylic acids is 1. The van der Waals surface area contributed by atoms with Crippen molar-refractivity contribution in [3.63, 3.8) is 0 Å². The Bertz CT molecular complexity index is 835. The van der Waals surface area contributed by atoms with Gasteiger partial charge in [0.15, 0.2) is 5.65 Å². The number of hydrogen-bond donors (Lipinski definition) is 1. The molecule has 2 aromatic rings. The second kappa shape index (κ2) is 7.13. The Labute approximate surface area is 155 Å². The Morgan fingerprint density at radius 2 is 1.81 bits per heavy atom. The van der Waals surface area contributed by atoms with Crippen LogP contribution in [0.15, 0.2) is 12.1 Å². The van der Waals surface area contributed by atoms with Crippen molar-refractivity contribution in [3.05, 3.63) is 17.8 Å². The minimum Gasteiger partial charge on any atom is -0.296 e. The molecule has 5 nitrogen and oxygen atoms in total. The third-order valence-electron chi connectivity index (χ3n) is 5.72. The molecule has 0 aromatic carbocycles. The highest BCUT2D eigenvalue weighted by atomic mass is 19.4. The smallest absolute Gasteiger partial charge is 0.296 e. The van der Waals surface area contributed by atoms with Gasteiger partial charge in [-0.25, -0.2) is 9.97 Å². The fraction of sp³-hybridized carbons (Fsp3) is 0.632. The number of imidazole rings is 1. The lowest BCUT2D eigenvalue weighted by Crippen LogP contribution is -2.24. The zero-order valence-corrected chi connectivity index (χ0v) is 15.1. The van der Waals surface area contributed by atoms with Crippen LogP contribution in [0.5, 0.6) is 0 Å². The lowest BCUT2D eigenvalue weighted by molar-refractivity contribution is -0.141. The molecular formula is C19H23F3N4O. The standard InChI is InChI=1S/C19H23F3N4O/c20-19(21,22)15-10-9-14-17(24-15)26(13-7-4-8-13)18(23-14)25-16(27)11-12-5-2-1-3-6-12/h9-10,12-13H,1-8,11H2,(H,23,25,27). The Morgan fingerprint density at radius 3 is 2.44 bits per heavy atom. The molecule has 0 aliphatic heterocycles. The number of alkyl halides is 3. The van der Waals surface area contributed by atoms with E-state index in [1.54, 1.807) is 4.57 Å². The van der Waals surface area contributed by atoms with Crippen LogP contribution in [0.25, 0.3) is 11.2 Å². The summed E-state index contributed by atoms with van der Waals surface area (Å²) in [5.41, 5.74) is -0.360. The average Bonchev–Trinajstić information content (AvgIpc) is 2.90. The molecule has 0 bridgehead atoms. The average molecular weight is 380 g/mol. The van der Waals surface area contributed by atoms with Gasteiger partial charge in [0.25, 0.3) is 0 Å². The minimum absolute atomic E-state index is 0.0379. The maximum atomic E-state index is 13.1. The van der Waals surface area contributed by atoms with Gasteiger partial charge >= 0.3 is 6.18 Å². The van der Waals surface area contributed by atoms with Gasteiger partial charge < -0.3 is 0 Å². The van der Waals surface area contributed by atoms with Crippen LogP contribution in [-0.2, 0) is 11.0 Å². The summed E-state index contributed by atoms with van der Waals surface area (Å²) >= 11 is 0. The molecule has 27 heavy (non-hydrogen) atoms. The first-order valence-electron chi connectivity index (χ1n) is 9.68. The first kappa shape index (κ1) is 18.3. The van der Waals surface area contributed by atoms with E-state index in [0.29, 0.717) is 23.8 Å². The zero-order chi connectivity index (χ0) is 19.0. The van der Waals surface area contributed by atoms with E-state index in [4.69, 9.17) is 0 Å². The molecule has 8 heteroatoms. The van der Waals surface area contributed by atoms with Crippen LogP contribution in [-0.4, -0.2) is 20.4 Å². The molecule has 2 aliphatic rings. The summed E-state index contributed by atoms with van der Waals surface area (Å²) < 4.78 is 40.9. The summed E-state index contributed by atoms with van der Waals surface area (Å²) in [5, 5.41) is 2.85. The Morgan fingerprint density at radius 1 is 1.07 bits per heavy atom. The summed E-state index contributed by atoms with van der Waals surface area (Å²) in [6.07, 6.45) is 4.31. The highest BCUT2D eigenvalue weighted by Crippen LogP contribution is 2.38. The number of aromatic nitrogens is 3. The van der Waals surface area contributed by atoms with Crippen LogP contribution >= 0.6 is 0 Å². The number of carbonyl (C=O) groups is 1. The molecule has 0 radical (unpaired) electrons. The Hall–Kier alpha value is -2.12. The van der Waals surface area contributed by atoms with Crippen molar-refractivity contribution < 1.29 is 18.0 Å². The third kappa shape index (κ3) is 3.80. The number of fused-ring (bicyclic) bond motifs is 1. The number of pyridine rings is 1. The first-order chi connectivity index (χ1) is 12.9. The molecule has 2 aliphatic carbocycles. The van der Waals surface area contributed by atoms with Crippen LogP contribution in [0.1, 0.15) is 69.5 Å². The number of amides is 1. The predicted molar refractivity (Wildman–Crippen MR) is 95.2 cm³/mol. The van der Waals surface area contributed by atoms with Gasteiger partial charge in [0.2, 0.25) is 11.9 Å². The number of rotatable bonds is 4. The van der Waals surface area contributed by atoms with E-state index in [-0.39, 0.29) is 17.6 Å². The van der Waals surface area contributed by atoms with E-state index in [0.717, 1.165) is 51.0 Å². The van der Waals surface area contributed by atoms with Crippen molar-refractivity contribution in [3.8, 4) is 0 Å². The second-order valence-corrected chi connectivity index (χ2v) is 7.68. The van der Waals surface area contributed by atoms with Crippen LogP contribution in [0.2, 0.25) is 0 Å². The summed E-state index contributed by atoms with van der Waals surface area (Å²) in [6.45, 7) is 0. The normalized spacial score (nSPS) is 19.2. The van der Waals surface area contributed by atoms with Gasteiger partial charge in [-0.15, -0.1) is 0 Å². The molecule has 0 saturated heterocycles. The molecule has 2 fully saturated rings. The minimum atomic E-state index is -4.51. The van der Waals surface area contributed by atoms with Crippen LogP contribution in [0.4, 0.5) is 19.1 Å². The van der Waals surface area contributed by atoms with Crippen molar-refractivity contribution in [2.24, 2.45) is 5.92 Å². The summed E-state index contributed by atoms with van der Waals surface area (Å²) in [5.74, 6) is 0.589. The molecule has 0 spiro atoms. The van der Waals surface area contributed by atoms with Crippen LogP contribution in [0.3, 0.4) is 0 Å². The fourth-order valence-corrected chi connectivity index (χ4v) is 4.04. The first-order valence-corrected chi connectivity index (χ1v) is 9.68. The zero-order valence-electron chi connectivity index (χ0n) is 15.1. The largest absolute Gasteiger partial charge is 0.433 e. The van der Waals surface area contributed by atoms with Gasteiger partial charge in [-0.2, -0.15) is 13.2 Å². The van der Waals surface area contributed by atoms with Crippen LogP contribution in [0, 0.1) is 5.92 Å². The van der Waals surface area contributed by atoms with Crippen LogP contribution < -0.4 is 5.32 Å². The van der Waals surface area contributed by atoms with E-state index in [9.17, 15) is 18.0 Å². The number of nitrogens with one attached hydrogen (secondary N) is 1. The van der Waals surface area contributed by atoms with E-state index < -0.39 is 11.9 Å². The van der Waals surface area contributed by atoms with E-state index in [1.165, 1.54) is 12.5 Å². The van der Waals surface area contributed by atoms with Crippen molar-refractivity contribution in [2.45, 2.75) is 70.0 Å². The molecule has 2 saturated carbocycles. The van der Waals surface area contributed by atoms with E-state index in [1.807, 2.05) is 0 Å². The van der Waals surface area contributed by atoms with Crippen molar-refractivity contribution in [1.29, 1.82) is 0 Å². The molecule has 1 amide bonds. The van der Waals surface area contributed by atoms with Gasteiger partial charge in [0, 0.05) is 12.5 Å². The maximum Gasteiger partial charge on any atom is 0.433 e. The number of halogens is 3. The molecule has 0 unspecified atom stereocenters. The monoisotopic (exact) mass is 380 g/mol. The van der Waals surface area contributed by atoms with E-state index in [2.05, 4.69) is 15.3 Å². The number of nitrogens with zero attached hydrogens (tertiary/aromatic N) is 3. The second-order valence-electron chi connectivity index (χ2n) is 7.68. The van der Waals surface area contributed by atoms with Crippen molar-refractivity contribution >= 4 is 23.0 Å². The van der Waals surface area contributed by atoms with Crippen molar-refractivity contribution in [2.75, 3.05) is 5.32 Å². The summed E-state index contributed by atoms with van der Waals surface area (Å²) in [6, 6.07) is 2.31. The molecule has 4 rings (SSSR count). The van der Waals surface area contributed by atoms with Gasteiger partial charge in [-0.3, -0.25) is 14.7 Å². The summed E-state index contributed by atoms with van der Waals surface area (Å²) in [7, 11) is 0. The van der Waals surface area contributed by atoms with Gasteiger partial charge in [-0.05, 0) is 50.2 Å². The third-order valence-corrected chi connectivity index (χ3v) is 5.72. The van der Waals surface area contributed by atoms with Gasteiger partial charge in [0.1, 0.15) is 11.2 Å². The fourth-order valence-electron chi connectivity index (χ4n) is 4.04. The molecule has 146 valence electrons. The quantitative estimate of drug-likeness (QED) is 0.804. The molecule has 1 N–H and O–H groups in total. The SMILES string of the molecule is O=C(CC1CCCCC1)Nc1nc2ccc(C(F)(F)F)nc2n1C1CCC1. The molecular weight excluding hydrogens is 357 g/mol. The maximum absolute atomic E-state index is 13.1. The molecule has 2 heterocycles. The van der Waals surface area contributed by atoms with Gasteiger partial charge in [-0.1, -0.05) is 19.3 Å². The Balaban J connectivity index is 1.62. The molecule has 0 atom stereocenters. The number of hydrogen-bond acceptors (Lipinski definition) is 3. The highest BCUT2D eigenvalue weighted by Gasteiger charge is 2.34. The lowest BCUT2D eigenvalue weighted by Gasteiger charge is -2.28. The highest BCUT2D eigenvalue weighted by molar-refractivity contribution is 5.91.